The van der Waals surface area contributed by atoms with Gasteiger partial charge in [0.15, 0.2) is 0 Å². The van der Waals surface area contributed by atoms with Crippen molar-refractivity contribution in [3.63, 3.8) is 0 Å². The van der Waals surface area contributed by atoms with Crippen LogP contribution in [0.15, 0.2) is 48.5 Å². The van der Waals surface area contributed by atoms with E-state index < -0.39 is 11.7 Å². The van der Waals surface area contributed by atoms with Gasteiger partial charge in [-0.25, -0.2) is 0 Å². The average Bonchev–Trinajstić information content (AvgIpc) is 2.37. The van der Waals surface area contributed by atoms with Crippen molar-refractivity contribution in [2.75, 3.05) is 0 Å². The molecule has 0 fully saturated rings. The zero-order chi connectivity index (χ0) is 15.5. The normalized spacial score (nSPS) is 13.0. The third-order valence-electron chi connectivity index (χ3n) is 2.88. The van der Waals surface area contributed by atoms with E-state index in [0.29, 0.717) is 12.2 Å². The molecule has 21 heavy (non-hydrogen) atoms. The van der Waals surface area contributed by atoms with E-state index in [0.717, 1.165) is 11.6 Å². The minimum atomic E-state index is -4.44. The lowest BCUT2D eigenvalue weighted by Gasteiger charge is -2.14. The third kappa shape index (κ3) is 4.23. The SMILES string of the molecule is CC(N)Cc1cccc(Oc2ccccc2C(F)(F)F)c1. The van der Waals surface area contributed by atoms with Gasteiger partial charge in [0, 0.05) is 6.04 Å². The Morgan fingerprint density at radius 3 is 2.48 bits per heavy atom. The molecule has 2 aromatic rings. The van der Waals surface area contributed by atoms with Gasteiger partial charge in [-0.3, -0.25) is 0 Å². The highest BCUT2D eigenvalue weighted by atomic mass is 19.4. The van der Waals surface area contributed by atoms with Crippen molar-refractivity contribution < 1.29 is 17.9 Å². The molecular formula is C16H16F3NO. The molecule has 0 saturated carbocycles. The summed E-state index contributed by atoms with van der Waals surface area (Å²) >= 11 is 0. The molecule has 0 aliphatic heterocycles. The Labute approximate surface area is 121 Å². The summed E-state index contributed by atoms with van der Waals surface area (Å²) in [5, 5.41) is 0. The lowest BCUT2D eigenvalue weighted by atomic mass is 10.1. The monoisotopic (exact) mass is 295 g/mol. The molecule has 0 heterocycles. The Hall–Kier alpha value is -2.01. The van der Waals surface area contributed by atoms with Crippen LogP contribution in [0.4, 0.5) is 13.2 Å². The minimum absolute atomic E-state index is 0.0253. The molecule has 0 spiro atoms. The number of benzene rings is 2. The second-order valence-corrected chi connectivity index (χ2v) is 4.92. The first kappa shape index (κ1) is 15.4. The second kappa shape index (κ2) is 6.18. The van der Waals surface area contributed by atoms with Gasteiger partial charge in [0.2, 0.25) is 0 Å². The molecule has 0 aromatic heterocycles. The predicted octanol–water partition coefficient (Wildman–Crippen LogP) is 4.39. The number of hydrogen-bond acceptors (Lipinski definition) is 2. The molecule has 0 radical (unpaired) electrons. The Kier molecular flexibility index (Phi) is 4.53. The second-order valence-electron chi connectivity index (χ2n) is 4.92. The number of para-hydroxylation sites is 1. The Morgan fingerprint density at radius 1 is 1.10 bits per heavy atom. The summed E-state index contributed by atoms with van der Waals surface area (Å²) in [6, 6.07) is 12.1. The fraction of sp³-hybridized carbons (Fsp3) is 0.250. The molecule has 0 saturated heterocycles. The van der Waals surface area contributed by atoms with Gasteiger partial charge in [-0.2, -0.15) is 13.2 Å². The van der Waals surface area contributed by atoms with E-state index in [9.17, 15) is 13.2 Å². The van der Waals surface area contributed by atoms with Gasteiger partial charge in [-0.05, 0) is 43.2 Å². The Balaban J connectivity index is 2.27. The maximum absolute atomic E-state index is 12.9. The minimum Gasteiger partial charge on any atom is -0.457 e. The predicted molar refractivity (Wildman–Crippen MR) is 75.3 cm³/mol. The van der Waals surface area contributed by atoms with Crippen LogP contribution in [0, 0.1) is 0 Å². The molecule has 0 aliphatic rings. The van der Waals surface area contributed by atoms with Crippen molar-refractivity contribution in [3.8, 4) is 11.5 Å². The highest BCUT2D eigenvalue weighted by Gasteiger charge is 2.34. The fourth-order valence-electron chi connectivity index (χ4n) is 2.02. The van der Waals surface area contributed by atoms with Gasteiger partial charge in [-0.1, -0.05) is 24.3 Å². The fourth-order valence-corrected chi connectivity index (χ4v) is 2.02. The lowest BCUT2D eigenvalue weighted by molar-refractivity contribution is -0.138. The molecule has 2 N–H and O–H groups in total. The van der Waals surface area contributed by atoms with Crippen molar-refractivity contribution in [2.24, 2.45) is 5.73 Å². The molecule has 5 heteroatoms. The van der Waals surface area contributed by atoms with Gasteiger partial charge >= 0.3 is 6.18 Å². The molecule has 2 rings (SSSR count). The molecule has 112 valence electrons. The first-order valence-electron chi connectivity index (χ1n) is 6.55. The summed E-state index contributed by atoms with van der Waals surface area (Å²) in [6.45, 7) is 1.87. The molecule has 1 atom stereocenters. The highest BCUT2D eigenvalue weighted by Crippen LogP contribution is 2.37. The summed E-state index contributed by atoms with van der Waals surface area (Å²) in [7, 11) is 0. The van der Waals surface area contributed by atoms with E-state index in [2.05, 4.69) is 0 Å². The summed E-state index contributed by atoms with van der Waals surface area (Å²) in [6.07, 6.45) is -3.81. The van der Waals surface area contributed by atoms with Crippen LogP contribution in [-0.2, 0) is 12.6 Å². The number of hydrogen-bond donors (Lipinski definition) is 1. The lowest BCUT2D eigenvalue weighted by Crippen LogP contribution is -2.17. The first-order chi connectivity index (χ1) is 9.86. The third-order valence-corrected chi connectivity index (χ3v) is 2.88. The molecule has 2 nitrogen and oxygen atoms in total. The maximum Gasteiger partial charge on any atom is 0.419 e. The maximum atomic E-state index is 12.9. The summed E-state index contributed by atoms with van der Waals surface area (Å²) < 4.78 is 44.1. The standard InChI is InChI=1S/C16H16F3NO/c1-11(20)9-12-5-4-6-13(10-12)21-15-8-3-2-7-14(15)16(17,18)19/h2-8,10-11H,9,20H2,1H3. The number of ether oxygens (including phenoxy) is 1. The van der Waals surface area contributed by atoms with Crippen molar-refractivity contribution in [1.82, 2.24) is 0 Å². The van der Waals surface area contributed by atoms with E-state index in [1.807, 2.05) is 13.0 Å². The Bertz CT molecular complexity index is 608. The van der Waals surface area contributed by atoms with Crippen molar-refractivity contribution >= 4 is 0 Å². The van der Waals surface area contributed by atoms with Gasteiger partial charge < -0.3 is 10.5 Å². The number of nitrogens with two attached hydrogens (primary N) is 1. The molecule has 0 bridgehead atoms. The number of alkyl halides is 3. The van der Waals surface area contributed by atoms with Crippen LogP contribution in [-0.4, -0.2) is 6.04 Å². The van der Waals surface area contributed by atoms with Crippen LogP contribution in [0.1, 0.15) is 18.1 Å². The van der Waals surface area contributed by atoms with Crippen molar-refractivity contribution in [2.45, 2.75) is 25.6 Å². The number of halogens is 3. The van der Waals surface area contributed by atoms with E-state index in [1.165, 1.54) is 18.2 Å². The first-order valence-corrected chi connectivity index (χ1v) is 6.55. The molecule has 0 amide bonds. The van der Waals surface area contributed by atoms with Crippen LogP contribution < -0.4 is 10.5 Å². The Morgan fingerprint density at radius 2 is 1.81 bits per heavy atom. The summed E-state index contributed by atoms with van der Waals surface area (Å²) in [5.41, 5.74) is 5.85. The van der Waals surface area contributed by atoms with Crippen LogP contribution in [0.3, 0.4) is 0 Å². The van der Waals surface area contributed by atoms with Crippen LogP contribution >= 0.6 is 0 Å². The van der Waals surface area contributed by atoms with E-state index >= 15 is 0 Å². The average molecular weight is 295 g/mol. The van der Waals surface area contributed by atoms with E-state index in [1.54, 1.807) is 18.2 Å². The largest absolute Gasteiger partial charge is 0.457 e. The van der Waals surface area contributed by atoms with Crippen LogP contribution in [0.2, 0.25) is 0 Å². The van der Waals surface area contributed by atoms with Crippen molar-refractivity contribution in [3.05, 3.63) is 59.7 Å². The molecular weight excluding hydrogens is 279 g/mol. The van der Waals surface area contributed by atoms with Crippen molar-refractivity contribution in [1.29, 1.82) is 0 Å². The van der Waals surface area contributed by atoms with Gasteiger partial charge in [0.05, 0.1) is 5.56 Å². The smallest absolute Gasteiger partial charge is 0.419 e. The quantitative estimate of drug-likeness (QED) is 0.908. The summed E-state index contributed by atoms with van der Waals surface area (Å²) in [5.74, 6) is 0.160. The van der Waals surface area contributed by atoms with Crippen LogP contribution in [0.5, 0.6) is 11.5 Å². The molecule has 0 aliphatic carbocycles. The highest BCUT2D eigenvalue weighted by molar-refractivity contribution is 5.40. The van der Waals surface area contributed by atoms with E-state index in [-0.39, 0.29) is 11.8 Å². The molecule has 2 aromatic carbocycles. The van der Waals surface area contributed by atoms with Gasteiger partial charge in [-0.15, -0.1) is 0 Å². The topological polar surface area (TPSA) is 35.2 Å². The van der Waals surface area contributed by atoms with Gasteiger partial charge in [0.25, 0.3) is 0 Å². The number of rotatable bonds is 4. The zero-order valence-electron chi connectivity index (χ0n) is 11.5. The van der Waals surface area contributed by atoms with E-state index in [4.69, 9.17) is 10.5 Å². The summed E-state index contributed by atoms with van der Waals surface area (Å²) in [4.78, 5) is 0. The van der Waals surface area contributed by atoms with Crippen LogP contribution in [0.25, 0.3) is 0 Å². The van der Waals surface area contributed by atoms with Gasteiger partial charge in [0.1, 0.15) is 11.5 Å². The molecule has 1 unspecified atom stereocenters. The zero-order valence-corrected chi connectivity index (χ0v) is 11.5.